The summed E-state index contributed by atoms with van der Waals surface area (Å²) in [4.78, 5) is 15.1. The fraction of sp³-hybridized carbons (Fsp3) is 0.269. The van der Waals surface area contributed by atoms with Gasteiger partial charge in [0.05, 0.1) is 6.04 Å². The van der Waals surface area contributed by atoms with Gasteiger partial charge in [-0.05, 0) is 16.7 Å². The van der Waals surface area contributed by atoms with Crippen LogP contribution in [-0.2, 0) is 4.79 Å². The molecule has 3 N–H and O–H groups in total. The lowest BCUT2D eigenvalue weighted by Crippen LogP contribution is -2.33. The van der Waals surface area contributed by atoms with Crippen molar-refractivity contribution >= 4 is 18.3 Å². The lowest BCUT2D eigenvalue weighted by Gasteiger charge is -2.21. The number of rotatable bonds is 7. The van der Waals surface area contributed by atoms with E-state index in [0.717, 1.165) is 30.8 Å². The Labute approximate surface area is 190 Å². The van der Waals surface area contributed by atoms with Gasteiger partial charge in [0.25, 0.3) is 0 Å². The highest BCUT2D eigenvalue weighted by Gasteiger charge is 2.31. The largest absolute Gasteiger partial charge is 0.345 e. The number of likely N-dealkylation sites (tertiary alicyclic amines) is 1. The molecule has 0 saturated carbocycles. The van der Waals surface area contributed by atoms with E-state index in [1.54, 1.807) is 0 Å². The molecular weight excluding hydrogens is 406 g/mol. The maximum atomic E-state index is 12.8. The number of amides is 1. The Morgan fingerprint density at radius 1 is 0.871 bits per heavy atom. The van der Waals surface area contributed by atoms with E-state index in [-0.39, 0.29) is 30.4 Å². The van der Waals surface area contributed by atoms with Crippen molar-refractivity contribution in [1.82, 2.24) is 10.2 Å². The summed E-state index contributed by atoms with van der Waals surface area (Å²) >= 11 is 0. The predicted molar refractivity (Wildman–Crippen MR) is 128 cm³/mol. The molecule has 0 bridgehead atoms. The van der Waals surface area contributed by atoms with Gasteiger partial charge in [0.15, 0.2) is 0 Å². The van der Waals surface area contributed by atoms with Gasteiger partial charge in [0.1, 0.15) is 0 Å². The third-order valence-electron chi connectivity index (χ3n) is 5.89. The van der Waals surface area contributed by atoms with Gasteiger partial charge in [-0.3, -0.25) is 4.79 Å². The first-order valence-electron chi connectivity index (χ1n) is 10.6. The molecule has 1 aliphatic heterocycles. The summed E-state index contributed by atoms with van der Waals surface area (Å²) in [5.41, 5.74) is 9.86. The van der Waals surface area contributed by atoms with E-state index in [0.29, 0.717) is 12.3 Å². The van der Waals surface area contributed by atoms with Gasteiger partial charge < -0.3 is 16.0 Å². The second kappa shape index (κ2) is 11.1. The van der Waals surface area contributed by atoms with E-state index in [1.165, 1.54) is 5.56 Å². The SMILES string of the molecule is Cl.N[C@@H]1CN(CCC(=O)NC(c2ccccc2)c2ccccc2)C[C@H]1c1ccccc1. The molecule has 1 heterocycles. The monoisotopic (exact) mass is 435 g/mol. The molecule has 0 aliphatic carbocycles. The number of nitrogens with zero attached hydrogens (tertiary/aromatic N) is 1. The highest BCUT2D eigenvalue weighted by atomic mass is 35.5. The van der Waals surface area contributed by atoms with Crippen LogP contribution in [0.15, 0.2) is 91.0 Å². The average Bonchev–Trinajstić information content (AvgIpc) is 3.18. The van der Waals surface area contributed by atoms with Crippen molar-refractivity contribution in [3.8, 4) is 0 Å². The number of hydrogen-bond acceptors (Lipinski definition) is 3. The van der Waals surface area contributed by atoms with Gasteiger partial charge in [-0.25, -0.2) is 0 Å². The molecule has 0 aromatic heterocycles. The number of hydrogen-bond donors (Lipinski definition) is 2. The van der Waals surface area contributed by atoms with Crippen molar-refractivity contribution in [1.29, 1.82) is 0 Å². The van der Waals surface area contributed by atoms with Crippen LogP contribution in [0.2, 0.25) is 0 Å². The standard InChI is InChI=1S/C26H29N3O.ClH/c27-24-19-29(18-23(24)20-10-4-1-5-11-20)17-16-25(30)28-26(21-12-6-2-7-13-21)22-14-8-3-9-15-22;/h1-15,23-24,26H,16-19,27H2,(H,28,30);1H/t23-,24+;/m0./s1. The fourth-order valence-electron chi connectivity index (χ4n) is 4.29. The van der Waals surface area contributed by atoms with Crippen molar-refractivity contribution in [2.24, 2.45) is 5.73 Å². The second-order valence-electron chi connectivity index (χ2n) is 8.01. The summed E-state index contributed by atoms with van der Waals surface area (Å²) in [7, 11) is 0. The summed E-state index contributed by atoms with van der Waals surface area (Å²) in [6, 6.07) is 30.6. The lowest BCUT2D eigenvalue weighted by atomic mass is 9.95. The molecule has 3 aromatic carbocycles. The van der Waals surface area contributed by atoms with Crippen molar-refractivity contribution in [2.45, 2.75) is 24.4 Å². The van der Waals surface area contributed by atoms with Gasteiger partial charge in [-0.2, -0.15) is 0 Å². The molecule has 162 valence electrons. The summed E-state index contributed by atoms with van der Waals surface area (Å²) < 4.78 is 0. The smallest absolute Gasteiger partial charge is 0.222 e. The number of benzene rings is 3. The maximum Gasteiger partial charge on any atom is 0.222 e. The highest BCUT2D eigenvalue weighted by Crippen LogP contribution is 2.26. The highest BCUT2D eigenvalue weighted by molar-refractivity contribution is 5.85. The van der Waals surface area contributed by atoms with Crippen LogP contribution in [0.5, 0.6) is 0 Å². The van der Waals surface area contributed by atoms with Crippen LogP contribution < -0.4 is 11.1 Å². The van der Waals surface area contributed by atoms with Crippen LogP contribution in [0.1, 0.15) is 35.1 Å². The zero-order valence-corrected chi connectivity index (χ0v) is 18.4. The Morgan fingerprint density at radius 2 is 1.39 bits per heavy atom. The maximum absolute atomic E-state index is 12.8. The van der Waals surface area contributed by atoms with Crippen LogP contribution in [0.3, 0.4) is 0 Å². The average molecular weight is 436 g/mol. The Balaban J connectivity index is 0.00000272. The Hall–Kier alpha value is -2.66. The van der Waals surface area contributed by atoms with Crippen molar-refractivity contribution in [2.75, 3.05) is 19.6 Å². The first-order chi connectivity index (χ1) is 14.7. The predicted octanol–water partition coefficient (Wildman–Crippen LogP) is 4.13. The van der Waals surface area contributed by atoms with Crippen molar-refractivity contribution in [3.63, 3.8) is 0 Å². The van der Waals surface area contributed by atoms with E-state index < -0.39 is 0 Å². The summed E-state index contributed by atoms with van der Waals surface area (Å²) in [6.45, 7) is 2.45. The molecule has 31 heavy (non-hydrogen) atoms. The zero-order chi connectivity index (χ0) is 20.8. The first kappa shape index (κ1) is 23.0. The zero-order valence-electron chi connectivity index (χ0n) is 17.6. The molecule has 2 atom stereocenters. The minimum Gasteiger partial charge on any atom is -0.345 e. The Morgan fingerprint density at radius 3 is 1.94 bits per heavy atom. The topological polar surface area (TPSA) is 58.4 Å². The molecule has 1 aliphatic rings. The summed E-state index contributed by atoms with van der Waals surface area (Å²) in [5, 5.41) is 3.23. The van der Waals surface area contributed by atoms with E-state index in [2.05, 4.69) is 58.7 Å². The number of halogens is 1. The molecule has 5 heteroatoms. The fourth-order valence-corrected chi connectivity index (χ4v) is 4.29. The minimum atomic E-state index is -0.141. The second-order valence-corrected chi connectivity index (χ2v) is 8.01. The molecule has 4 rings (SSSR count). The number of nitrogens with one attached hydrogen (secondary N) is 1. The van der Waals surface area contributed by atoms with Gasteiger partial charge >= 0.3 is 0 Å². The lowest BCUT2D eigenvalue weighted by molar-refractivity contribution is -0.121. The molecule has 0 spiro atoms. The van der Waals surface area contributed by atoms with Crippen LogP contribution in [0.4, 0.5) is 0 Å². The van der Waals surface area contributed by atoms with E-state index in [9.17, 15) is 4.79 Å². The van der Waals surface area contributed by atoms with Gasteiger partial charge in [-0.15, -0.1) is 12.4 Å². The number of carbonyl (C=O) groups is 1. The summed E-state index contributed by atoms with van der Waals surface area (Å²) in [6.07, 6.45) is 0.463. The molecule has 4 nitrogen and oxygen atoms in total. The molecule has 0 unspecified atom stereocenters. The van der Waals surface area contributed by atoms with Crippen LogP contribution in [-0.4, -0.2) is 36.5 Å². The molecular formula is C26H30ClN3O. The molecule has 1 fully saturated rings. The third kappa shape index (κ3) is 5.95. The van der Waals surface area contributed by atoms with E-state index >= 15 is 0 Å². The van der Waals surface area contributed by atoms with Crippen LogP contribution >= 0.6 is 12.4 Å². The van der Waals surface area contributed by atoms with E-state index in [4.69, 9.17) is 5.73 Å². The first-order valence-corrected chi connectivity index (χ1v) is 10.6. The van der Waals surface area contributed by atoms with Gasteiger partial charge in [0.2, 0.25) is 5.91 Å². The number of nitrogens with two attached hydrogens (primary N) is 1. The number of carbonyl (C=O) groups excluding carboxylic acids is 1. The van der Waals surface area contributed by atoms with E-state index in [1.807, 2.05) is 42.5 Å². The third-order valence-corrected chi connectivity index (χ3v) is 5.89. The van der Waals surface area contributed by atoms with Crippen LogP contribution in [0.25, 0.3) is 0 Å². The Bertz CT molecular complexity index is 897. The van der Waals surface area contributed by atoms with Gasteiger partial charge in [-0.1, -0.05) is 91.0 Å². The summed E-state index contributed by atoms with van der Waals surface area (Å²) in [5.74, 6) is 0.389. The van der Waals surface area contributed by atoms with Crippen molar-refractivity contribution < 1.29 is 4.79 Å². The van der Waals surface area contributed by atoms with Gasteiger partial charge in [0, 0.05) is 38.0 Å². The normalized spacial score (nSPS) is 18.5. The molecule has 1 amide bonds. The minimum absolute atomic E-state index is 0. The van der Waals surface area contributed by atoms with Crippen molar-refractivity contribution in [3.05, 3.63) is 108 Å². The molecule has 3 aromatic rings. The molecule has 0 radical (unpaired) electrons. The molecule has 1 saturated heterocycles. The Kier molecular flexibility index (Phi) is 8.24. The quantitative estimate of drug-likeness (QED) is 0.586. The van der Waals surface area contributed by atoms with Crippen LogP contribution in [0, 0.1) is 0 Å².